The fourth-order valence-electron chi connectivity index (χ4n) is 1.68. The molecule has 1 aromatic carbocycles. The highest BCUT2D eigenvalue weighted by Crippen LogP contribution is 2.06. The summed E-state index contributed by atoms with van der Waals surface area (Å²) in [6.07, 6.45) is 0.0668. The summed E-state index contributed by atoms with van der Waals surface area (Å²) in [6, 6.07) is 4.97. The molecule has 0 radical (unpaired) electrons. The first-order valence-corrected chi connectivity index (χ1v) is 5.40. The van der Waals surface area contributed by atoms with Crippen LogP contribution in [0.4, 0.5) is 9.18 Å². The fourth-order valence-corrected chi connectivity index (χ4v) is 1.68. The molecule has 94 valence electrons. The predicted octanol–water partition coefficient (Wildman–Crippen LogP) is 0.489. The molecule has 0 atom stereocenters. The molecule has 18 heavy (non-hydrogen) atoms. The number of hydrogen-bond acceptors (Lipinski definition) is 3. The van der Waals surface area contributed by atoms with Crippen molar-refractivity contribution in [3.05, 3.63) is 35.6 Å². The highest BCUT2D eigenvalue weighted by molar-refractivity contribution is 6.04. The van der Waals surface area contributed by atoms with E-state index in [0.29, 0.717) is 5.56 Å². The second-order valence-electron chi connectivity index (χ2n) is 3.98. The Bertz CT molecular complexity index is 483. The maximum absolute atomic E-state index is 12.7. The van der Waals surface area contributed by atoms with E-state index in [2.05, 4.69) is 5.32 Å². The lowest BCUT2D eigenvalue weighted by molar-refractivity contribution is -0.129. The summed E-state index contributed by atoms with van der Waals surface area (Å²) in [5.41, 5.74) is 0.647. The van der Waals surface area contributed by atoms with Crippen LogP contribution < -0.4 is 5.32 Å². The number of rotatable bonds is 4. The quantitative estimate of drug-likeness (QED) is 0.791. The Morgan fingerprint density at radius 3 is 2.50 bits per heavy atom. The minimum Gasteiger partial charge on any atom is -0.329 e. The third kappa shape index (κ3) is 2.71. The number of ketones is 1. The SMILES string of the molecule is O=C(Cc1ccc(F)cc1)CN1C(=O)CNC1=O. The molecule has 1 fully saturated rings. The molecule has 1 heterocycles. The maximum Gasteiger partial charge on any atom is 0.324 e. The predicted molar refractivity (Wildman–Crippen MR) is 60.2 cm³/mol. The van der Waals surface area contributed by atoms with E-state index in [1.807, 2.05) is 0 Å². The molecule has 1 aliphatic heterocycles. The Morgan fingerprint density at radius 2 is 1.94 bits per heavy atom. The van der Waals surface area contributed by atoms with Crippen molar-refractivity contribution in [2.75, 3.05) is 13.1 Å². The molecule has 2 rings (SSSR count). The number of nitrogens with zero attached hydrogens (tertiary/aromatic N) is 1. The first-order valence-electron chi connectivity index (χ1n) is 5.40. The molecule has 0 unspecified atom stereocenters. The zero-order chi connectivity index (χ0) is 13.1. The van der Waals surface area contributed by atoms with Crippen LogP contribution in [-0.2, 0) is 16.0 Å². The molecule has 1 aromatic rings. The molecule has 1 saturated heterocycles. The van der Waals surface area contributed by atoms with Gasteiger partial charge in [0.05, 0.1) is 13.1 Å². The van der Waals surface area contributed by atoms with Crippen LogP contribution >= 0.6 is 0 Å². The minimum atomic E-state index is -0.549. The molecule has 1 aliphatic rings. The van der Waals surface area contributed by atoms with Crippen molar-refractivity contribution in [2.45, 2.75) is 6.42 Å². The summed E-state index contributed by atoms with van der Waals surface area (Å²) in [5.74, 6) is -1.06. The maximum atomic E-state index is 12.7. The third-order valence-electron chi connectivity index (χ3n) is 2.59. The molecule has 0 aliphatic carbocycles. The van der Waals surface area contributed by atoms with E-state index in [4.69, 9.17) is 0 Å². The van der Waals surface area contributed by atoms with Gasteiger partial charge in [0.2, 0.25) is 5.91 Å². The van der Waals surface area contributed by atoms with Crippen molar-refractivity contribution in [3.8, 4) is 0 Å². The average Bonchev–Trinajstić information content (AvgIpc) is 2.64. The second-order valence-corrected chi connectivity index (χ2v) is 3.98. The summed E-state index contributed by atoms with van der Waals surface area (Å²) >= 11 is 0. The van der Waals surface area contributed by atoms with Gasteiger partial charge in [-0.3, -0.25) is 14.5 Å². The Labute approximate surface area is 103 Å². The Kier molecular flexibility index (Phi) is 3.36. The number of carbonyl (C=O) groups excluding carboxylic acids is 3. The van der Waals surface area contributed by atoms with Gasteiger partial charge in [0.1, 0.15) is 5.82 Å². The summed E-state index contributed by atoms with van der Waals surface area (Å²) < 4.78 is 12.7. The zero-order valence-electron chi connectivity index (χ0n) is 9.48. The molecule has 6 heteroatoms. The average molecular weight is 250 g/mol. The summed E-state index contributed by atoms with van der Waals surface area (Å²) in [6.45, 7) is -0.315. The van der Waals surface area contributed by atoms with Gasteiger partial charge in [-0.25, -0.2) is 9.18 Å². The van der Waals surface area contributed by atoms with Crippen LogP contribution in [0.3, 0.4) is 0 Å². The van der Waals surface area contributed by atoms with Crippen molar-refractivity contribution >= 4 is 17.7 Å². The van der Waals surface area contributed by atoms with Crippen LogP contribution in [0.25, 0.3) is 0 Å². The van der Waals surface area contributed by atoms with Gasteiger partial charge in [-0.1, -0.05) is 12.1 Å². The molecular weight excluding hydrogens is 239 g/mol. The van der Waals surface area contributed by atoms with Gasteiger partial charge >= 0.3 is 6.03 Å². The third-order valence-corrected chi connectivity index (χ3v) is 2.59. The molecule has 0 spiro atoms. The van der Waals surface area contributed by atoms with Gasteiger partial charge < -0.3 is 5.32 Å². The fraction of sp³-hybridized carbons (Fsp3) is 0.250. The number of Topliss-reactive ketones (excluding diaryl/α,β-unsaturated/α-hetero) is 1. The number of hydrogen-bond donors (Lipinski definition) is 1. The van der Waals surface area contributed by atoms with Gasteiger partial charge in [0, 0.05) is 6.42 Å². The lowest BCUT2D eigenvalue weighted by Gasteiger charge is -2.10. The summed E-state index contributed by atoms with van der Waals surface area (Å²) in [4.78, 5) is 35.0. The minimum absolute atomic E-state index is 0.0668. The number of carbonyl (C=O) groups is 3. The van der Waals surface area contributed by atoms with Gasteiger partial charge in [-0.2, -0.15) is 0 Å². The Morgan fingerprint density at radius 1 is 1.28 bits per heavy atom. The summed E-state index contributed by atoms with van der Waals surface area (Å²) in [7, 11) is 0. The largest absolute Gasteiger partial charge is 0.329 e. The van der Waals surface area contributed by atoms with Crippen molar-refractivity contribution in [1.82, 2.24) is 10.2 Å². The molecule has 0 bridgehead atoms. The number of benzene rings is 1. The summed E-state index contributed by atoms with van der Waals surface area (Å²) in [5, 5.41) is 2.33. The lowest BCUT2D eigenvalue weighted by atomic mass is 10.1. The number of halogens is 1. The van der Waals surface area contributed by atoms with Crippen molar-refractivity contribution < 1.29 is 18.8 Å². The standard InChI is InChI=1S/C12H11FN2O3/c13-9-3-1-8(2-4-9)5-10(16)7-15-11(17)6-14-12(15)18/h1-4H,5-7H2,(H,14,18). The molecule has 1 N–H and O–H groups in total. The second kappa shape index (κ2) is 4.95. The topological polar surface area (TPSA) is 66.5 Å². The van der Waals surface area contributed by atoms with E-state index in [0.717, 1.165) is 4.90 Å². The van der Waals surface area contributed by atoms with Gasteiger partial charge in [0.15, 0.2) is 5.78 Å². The van der Waals surface area contributed by atoms with Gasteiger partial charge in [-0.15, -0.1) is 0 Å². The molecular formula is C12H11FN2O3. The monoisotopic (exact) mass is 250 g/mol. The van der Waals surface area contributed by atoms with E-state index in [1.54, 1.807) is 0 Å². The highest BCUT2D eigenvalue weighted by atomic mass is 19.1. The van der Waals surface area contributed by atoms with E-state index in [9.17, 15) is 18.8 Å². The van der Waals surface area contributed by atoms with Crippen molar-refractivity contribution in [2.24, 2.45) is 0 Å². The van der Waals surface area contributed by atoms with Crippen LogP contribution in [-0.4, -0.2) is 35.7 Å². The molecule has 0 saturated carbocycles. The van der Waals surface area contributed by atoms with Gasteiger partial charge in [0.25, 0.3) is 0 Å². The van der Waals surface area contributed by atoms with Crippen molar-refractivity contribution in [3.63, 3.8) is 0 Å². The molecule has 5 nitrogen and oxygen atoms in total. The Balaban J connectivity index is 1.94. The van der Waals surface area contributed by atoms with Crippen LogP contribution in [0.15, 0.2) is 24.3 Å². The van der Waals surface area contributed by atoms with Crippen LogP contribution in [0, 0.1) is 5.82 Å². The molecule has 0 aromatic heterocycles. The number of urea groups is 1. The first kappa shape index (κ1) is 12.2. The Hall–Kier alpha value is -2.24. The normalized spacial score (nSPS) is 14.8. The van der Waals surface area contributed by atoms with Crippen LogP contribution in [0.2, 0.25) is 0 Å². The number of nitrogens with one attached hydrogen (secondary N) is 1. The van der Waals surface area contributed by atoms with E-state index < -0.39 is 11.9 Å². The van der Waals surface area contributed by atoms with E-state index in [-0.39, 0.29) is 31.1 Å². The first-order chi connectivity index (χ1) is 8.56. The highest BCUT2D eigenvalue weighted by Gasteiger charge is 2.29. The number of amides is 3. The van der Waals surface area contributed by atoms with Gasteiger partial charge in [-0.05, 0) is 17.7 Å². The van der Waals surface area contributed by atoms with E-state index in [1.165, 1.54) is 24.3 Å². The smallest absolute Gasteiger partial charge is 0.324 e. The van der Waals surface area contributed by atoms with Crippen LogP contribution in [0.1, 0.15) is 5.56 Å². The number of imide groups is 1. The van der Waals surface area contributed by atoms with E-state index >= 15 is 0 Å². The van der Waals surface area contributed by atoms with Crippen LogP contribution in [0.5, 0.6) is 0 Å². The lowest BCUT2D eigenvalue weighted by Crippen LogP contribution is -2.36. The molecule has 3 amide bonds. The van der Waals surface area contributed by atoms with Crippen molar-refractivity contribution in [1.29, 1.82) is 0 Å². The zero-order valence-corrected chi connectivity index (χ0v) is 9.48.